The van der Waals surface area contributed by atoms with Gasteiger partial charge in [-0.2, -0.15) is 0 Å². The van der Waals surface area contributed by atoms with Gasteiger partial charge in [0, 0.05) is 0 Å². The second kappa shape index (κ2) is 6.10. The van der Waals surface area contributed by atoms with Gasteiger partial charge in [-0.15, -0.1) is 0 Å². The van der Waals surface area contributed by atoms with Gasteiger partial charge in [-0.05, 0) is 0 Å². The van der Waals surface area contributed by atoms with Gasteiger partial charge in [0.15, 0.2) is 0 Å². The van der Waals surface area contributed by atoms with Crippen molar-refractivity contribution in [1.82, 2.24) is 0 Å². The van der Waals surface area contributed by atoms with Crippen molar-refractivity contribution in [3.05, 3.63) is 0 Å². The molecule has 0 saturated heterocycles. The van der Waals surface area contributed by atoms with Crippen molar-refractivity contribution in [2.45, 2.75) is 61.5 Å². The molecule has 0 bridgehead atoms. The molecule has 0 aliphatic carbocycles. The second-order valence-electron chi connectivity index (χ2n) is 3.66. The third kappa shape index (κ3) is 3.64. The van der Waals surface area contributed by atoms with Crippen LogP contribution in [0.15, 0.2) is 0 Å². The first-order valence-electron chi connectivity index (χ1n) is 5.24. The summed E-state index contributed by atoms with van der Waals surface area (Å²) >= 11 is -1.23. The molecule has 0 N–H and O–H groups in total. The molecule has 0 spiro atoms. The minimum atomic E-state index is -1.23. The van der Waals surface area contributed by atoms with Crippen LogP contribution in [0.5, 0.6) is 0 Å². The summed E-state index contributed by atoms with van der Waals surface area (Å²) < 4.78 is 0. The fourth-order valence-corrected chi connectivity index (χ4v) is 9.52. The van der Waals surface area contributed by atoms with Crippen molar-refractivity contribution >= 4 is 13.3 Å². The molecule has 0 rings (SSSR count). The van der Waals surface area contributed by atoms with Crippen LogP contribution in [0, 0.1) is 0 Å². The first kappa shape index (κ1) is 11.5. The molecular weight excluding hydrogens is 193 g/mol. The Balaban J connectivity index is 3.84. The van der Waals surface area contributed by atoms with Crippen molar-refractivity contribution in [2.24, 2.45) is 0 Å². The monoisotopic (exact) mass is 218 g/mol. The number of hydrogen-bond acceptors (Lipinski definition) is 0. The van der Waals surface area contributed by atoms with Crippen molar-refractivity contribution in [3.63, 3.8) is 0 Å². The fraction of sp³-hybridized carbons (Fsp3) is 1.00. The molecule has 0 nitrogen and oxygen atoms in total. The molecule has 0 aromatic rings. The first-order chi connectivity index (χ1) is 5.24. The topological polar surface area (TPSA) is 0 Å². The molecule has 68 valence electrons. The Bertz CT molecular complexity index is 76.6. The third-order valence-corrected chi connectivity index (χ3v) is 15.7. The molecule has 0 aliphatic heterocycles. The first-order valence-corrected chi connectivity index (χ1v) is 11.2. The number of rotatable bonds is 6. The van der Waals surface area contributed by atoms with E-state index >= 15 is 0 Å². The van der Waals surface area contributed by atoms with E-state index in [1.54, 1.807) is 21.0 Å². The van der Waals surface area contributed by atoms with Gasteiger partial charge >= 0.3 is 74.8 Å². The summed E-state index contributed by atoms with van der Waals surface area (Å²) in [5.74, 6) is 0. The SMILES string of the molecule is CCC[CH2][Ge]([CH2]C)([CH2]C)[CH2]C. The Kier molecular flexibility index (Phi) is 6.40. The molecule has 1 heteroatoms. The summed E-state index contributed by atoms with van der Waals surface area (Å²) in [4.78, 5) is 0. The van der Waals surface area contributed by atoms with Crippen LogP contribution in [0.4, 0.5) is 0 Å². The molecule has 0 saturated carbocycles. The molecule has 0 aromatic heterocycles. The van der Waals surface area contributed by atoms with Crippen LogP contribution in [0.25, 0.3) is 0 Å². The van der Waals surface area contributed by atoms with Gasteiger partial charge in [-0.25, -0.2) is 0 Å². The van der Waals surface area contributed by atoms with E-state index in [1.165, 1.54) is 12.8 Å². The predicted octanol–water partition coefficient (Wildman–Crippen LogP) is 4.30. The van der Waals surface area contributed by atoms with Crippen LogP contribution in [0.3, 0.4) is 0 Å². The molecule has 0 radical (unpaired) electrons. The number of unbranched alkanes of at least 4 members (excludes halogenated alkanes) is 1. The average Bonchev–Trinajstić information content (AvgIpc) is 2.08. The van der Waals surface area contributed by atoms with Crippen LogP contribution in [0.2, 0.25) is 21.0 Å². The molecule has 0 aromatic carbocycles. The van der Waals surface area contributed by atoms with E-state index in [2.05, 4.69) is 27.7 Å². The summed E-state index contributed by atoms with van der Waals surface area (Å²) in [6, 6.07) is 0. The molecule has 0 amide bonds. The zero-order chi connectivity index (χ0) is 8.74. The number of hydrogen-bond donors (Lipinski definition) is 0. The summed E-state index contributed by atoms with van der Waals surface area (Å²) in [5.41, 5.74) is 0. The maximum absolute atomic E-state index is 2.42. The van der Waals surface area contributed by atoms with E-state index in [1.807, 2.05) is 0 Å². The Morgan fingerprint density at radius 1 is 0.818 bits per heavy atom. The van der Waals surface area contributed by atoms with Gasteiger partial charge in [-0.1, -0.05) is 0 Å². The van der Waals surface area contributed by atoms with E-state index in [0.717, 1.165) is 0 Å². The Morgan fingerprint density at radius 3 is 1.55 bits per heavy atom. The van der Waals surface area contributed by atoms with Gasteiger partial charge in [0.1, 0.15) is 0 Å². The molecule has 11 heavy (non-hydrogen) atoms. The van der Waals surface area contributed by atoms with Crippen LogP contribution in [-0.4, -0.2) is 13.3 Å². The van der Waals surface area contributed by atoms with E-state index in [9.17, 15) is 0 Å². The maximum atomic E-state index is 2.42. The van der Waals surface area contributed by atoms with Crippen molar-refractivity contribution in [1.29, 1.82) is 0 Å². The van der Waals surface area contributed by atoms with E-state index in [0.29, 0.717) is 0 Å². The van der Waals surface area contributed by atoms with Gasteiger partial charge < -0.3 is 0 Å². The molecule has 0 atom stereocenters. The van der Waals surface area contributed by atoms with E-state index < -0.39 is 13.3 Å². The van der Waals surface area contributed by atoms with Crippen LogP contribution < -0.4 is 0 Å². The van der Waals surface area contributed by atoms with Crippen molar-refractivity contribution in [3.8, 4) is 0 Å². The van der Waals surface area contributed by atoms with Crippen LogP contribution >= 0.6 is 0 Å². The third-order valence-electron chi connectivity index (χ3n) is 3.31. The summed E-state index contributed by atoms with van der Waals surface area (Å²) in [5, 5.41) is 6.27. The Morgan fingerprint density at radius 2 is 1.27 bits per heavy atom. The molecule has 0 aliphatic rings. The van der Waals surface area contributed by atoms with Gasteiger partial charge in [0.2, 0.25) is 0 Å². The normalized spacial score (nSPS) is 12.0. The Hall–Kier alpha value is 0.543. The van der Waals surface area contributed by atoms with Gasteiger partial charge in [-0.3, -0.25) is 0 Å². The summed E-state index contributed by atoms with van der Waals surface area (Å²) in [6.45, 7) is 9.57. The molecule has 0 fully saturated rings. The fourth-order valence-electron chi connectivity index (χ4n) is 1.83. The average molecular weight is 217 g/mol. The predicted molar refractivity (Wildman–Crippen MR) is 56.9 cm³/mol. The molecule has 0 heterocycles. The van der Waals surface area contributed by atoms with Crippen LogP contribution in [-0.2, 0) is 0 Å². The van der Waals surface area contributed by atoms with Crippen molar-refractivity contribution in [2.75, 3.05) is 0 Å². The van der Waals surface area contributed by atoms with Gasteiger partial charge in [0.25, 0.3) is 0 Å². The van der Waals surface area contributed by atoms with Crippen LogP contribution in [0.1, 0.15) is 40.5 Å². The second-order valence-corrected chi connectivity index (χ2v) is 15.5. The van der Waals surface area contributed by atoms with E-state index in [4.69, 9.17) is 0 Å². The van der Waals surface area contributed by atoms with Gasteiger partial charge in [0.05, 0.1) is 0 Å². The van der Waals surface area contributed by atoms with E-state index in [-0.39, 0.29) is 0 Å². The molecule has 0 unspecified atom stereocenters. The quantitative estimate of drug-likeness (QED) is 0.581. The summed E-state index contributed by atoms with van der Waals surface area (Å²) in [6.07, 6.45) is 2.89. The molecular formula is C10H24Ge. The summed E-state index contributed by atoms with van der Waals surface area (Å²) in [7, 11) is 0. The minimum absolute atomic E-state index is 1.23. The zero-order valence-corrected chi connectivity index (χ0v) is 10.8. The zero-order valence-electron chi connectivity index (χ0n) is 8.74. The van der Waals surface area contributed by atoms with Crippen molar-refractivity contribution < 1.29 is 0 Å². The Labute approximate surface area is 75.1 Å². The standard InChI is InChI=1S/C10H24Ge/c1-5-9-10-11(6-2,7-3)8-4/h5-10H2,1-4H3.